The predicted molar refractivity (Wildman–Crippen MR) is 87.1 cm³/mol. The number of hydrogen-bond donors (Lipinski definition) is 1. The van der Waals surface area contributed by atoms with Crippen molar-refractivity contribution in [2.24, 2.45) is 7.05 Å². The van der Waals surface area contributed by atoms with Crippen molar-refractivity contribution in [3.8, 4) is 0 Å². The highest BCUT2D eigenvalue weighted by molar-refractivity contribution is 9.10. The number of rotatable bonds is 6. The lowest BCUT2D eigenvalue weighted by atomic mass is 10.0. The van der Waals surface area contributed by atoms with Crippen LogP contribution >= 0.6 is 27.5 Å². The monoisotopic (exact) mass is 355 g/mol. The molecule has 108 valence electrons. The Morgan fingerprint density at radius 3 is 2.80 bits per heavy atom. The summed E-state index contributed by atoms with van der Waals surface area (Å²) in [5, 5.41) is 8.50. The molecule has 3 nitrogen and oxygen atoms in total. The Bertz CT molecular complexity index is 548. The molecule has 1 unspecified atom stereocenters. The van der Waals surface area contributed by atoms with E-state index in [1.807, 2.05) is 30.1 Å². The Morgan fingerprint density at radius 1 is 1.40 bits per heavy atom. The third kappa shape index (κ3) is 4.08. The maximum atomic E-state index is 6.15. The summed E-state index contributed by atoms with van der Waals surface area (Å²) < 4.78 is 2.94. The van der Waals surface area contributed by atoms with Crippen LogP contribution in [0.2, 0.25) is 5.02 Å². The van der Waals surface area contributed by atoms with Gasteiger partial charge in [-0.25, -0.2) is 0 Å². The topological polar surface area (TPSA) is 29.9 Å². The average Bonchev–Trinajstić information content (AvgIpc) is 2.79. The van der Waals surface area contributed by atoms with E-state index in [2.05, 4.69) is 45.4 Å². The van der Waals surface area contributed by atoms with E-state index < -0.39 is 0 Å². The number of aromatic nitrogens is 2. The van der Waals surface area contributed by atoms with E-state index in [0.29, 0.717) is 6.04 Å². The summed E-state index contributed by atoms with van der Waals surface area (Å²) in [5.74, 6) is 0. The van der Waals surface area contributed by atoms with Crippen molar-refractivity contribution in [1.82, 2.24) is 15.1 Å². The van der Waals surface area contributed by atoms with E-state index >= 15 is 0 Å². The van der Waals surface area contributed by atoms with Crippen LogP contribution < -0.4 is 5.32 Å². The molecular weight excluding hydrogens is 338 g/mol. The Balaban J connectivity index is 2.12. The van der Waals surface area contributed by atoms with Crippen LogP contribution in [0.15, 0.2) is 34.9 Å². The Morgan fingerprint density at radius 2 is 2.20 bits per heavy atom. The summed E-state index contributed by atoms with van der Waals surface area (Å²) in [6, 6.07) is 8.43. The van der Waals surface area contributed by atoms with Gasteiger partial charge in [0.15, 0.2) is 0 Å². The lowest BCUT2D eigenvalue weighted by Crippen LogP contribution is -2.22. The van der Waals surface area contributed by atoms with Crippen LogP contribution in [0.4, 0.5) is 0 Å². The summed E-state index contributed by atoms with van der Waals surface area (Å²) in [6.45, 7) is 3.05. The van der Waals surface area contributed by atoms with Gasteiger partial charge in [-0.1, -0.05) is 34.5 Å². The van der Waals surface area contributed by atoms with Crippen LogP contribution in [0.5, 0.6) is 0 Å². The molecule has 0 amide bonds. The predicted octanol–water partition coefficient (Wildman–Crippen LogP) is 4.12. The molecule has 0 fully saturated rings. The lowest BCUT2D eigenvalue weighted by molar-refractivity contribution is 0.506. The number of hydrogen-bond acceptors (Lipinski definition) is 2. The largest absolute Gasteiger partial charge is 0.310 e. The Hall–Kier alpha value is -0.840. The van der Waals surface area contributed by atoms with Gasteiger partial charge in [-0.3, -0.25) is 4.68 Å². The van der Waals surface area contributed by atoms with E-state index in [-0.39, 0.29) is 0 Å². The minimum absolute atomic E-state index is 0.296. The average molecular weight is 357 g/mol. The molecule has 0 bridgehead atoms. The van der Waals surface area contributed by atoms with Gasteiger partial charge < -0.3 is 5.32 Å². The van der Waals surface area contributed by atoms with Crippen LogP contribution in [0.3, 0.4) is 0 Å². The molecule has 0 aliphatic carbocycles. The molecule has 1 aromatic heterocycles. The Labute approximate surface area is 133 Å². The molecular formula is C15H19BrClN3. The first-order valence-electron chi connectivity index (χ1n) is 6.76. The summed E-state index contributed by atoms with van der Waals surface area (Å²) in [5.41, 5.74) is 2.46. The first-order valence-corrected chi connectivity index (χ1v) is 7.93. The van der Waals surface area contributed by atoms with Gasteiger partial charge in [0.1, 0.15) is 0 Å². The second kappa shape index (κ2) is 7.25. The quantitative estimate of drug-likeness (QED) is 0.844. The van der Waals surface area contributed by atoms with Crippen molar-refractivity contribution >= 4 is 27.5 Å². The zero-order chi connectivity index (χ0) is 14.5. The van der Waals surface area contributed by atoms with Gasteiger partial charge >= 0.3 is 0 Å². The third-order valence-corrected chi connectivity index (χ3v) is 4.03. The summed E-state index contributed by atoms with van der Waals surface area (Å²) in [4.78, 5) is 0. The van der Waals surface area contributed by atoms with Crippen molar-refractivity contribution in [2.75, 3.05) is 6.54 Å². The van der Waals surface area contributed by atoms with Gasteiger partial charge in [0.25, 0.3) is 0 Å². The van der Waals surface area contributed by atoms with Crippen LogP contribution in [0, 0.1) is 0 Å². The van der Waals surface area contributed by atoms with Gasteiger partial charge in [0, 0.05) is 34.5 Å². The maximum absolute atomic E-state index is 6.15. The molecule has 1 aromatic carbocycles. The highest BCUT2D eigenvalue weighted by atomic mass is 79.9. The normalized spacial score (nSPS) is 12.6. The smallest absolute Gasteiger partial charge is 0.0492 e. The van der Waals surface area contributed by atoms with Crippen molar-refractivity contribution in [2.45, 2.75) is 25.8 Å². The number of halogens is 2. The maximum Gasteiger partial charge on any atom is 0.0492 e. The fraction of sp³-hybridized carbons (Fsp3) is 0.400. The number of aryl methyl sites for hydroxylation is 2. The van der Waals surface area contributed by atoms with E-state index in [1.54, 1.807) is 0 Å². The number of nitrogens with zero attached hydrogens (tertiary/aromatic N) is 2. The molecule has 2 rings (SSSR count). The highest BCUT2D eigenvalue weighted by Crippen LogP contribution is 2.26. The Kier molecular flexibility index (Phi) is 5.64. The van der Waals surface area contributed by atoms with E-state index in [0.717, 1.165) is 28.9 Å². The van der Waals surface area contributed by atoms with Gasteiger partial charge in [-0.2, -0.15) is 5.10 Å². The van der Waals surface area contributed by atoms with Crippen LogP contribution in [0.25, 0.3) is 0 Å². The minimum atomic E-state index is 0.296. The highest BCUT2D eigenvalue weighted by Gasteiger charge is 2.13. The van der Waals surface area contributed by atoms with E-state index in [4.69, 9.17) is 11.6 Å². The molecule has 1 heterocycles. The zero-order valence-electron chi connectivity index (χ0n) is 11.7. The second-order valence-electron chi connectivity index (χ2n) is 4.80. The molecule has 1 atom stereocenters. The summed E-state index contributed by atoms with van der Waals surface area (Å²) in [6.07, 6.45) is 3.84. The van der Waals surface area contributed by atoms with Gasteiger partial charge in [0.2, 0.25) is 0 Å². The van der Waals surface area contributed by atoms with E-state index in [1.165, 1.54) is 11.3 Å². The third-order valence-electron chi connectivity index (χ3n) is 3.35. The molecule has 0 spiro atoms. The summed E-state index contributed by atoms with van der Waals surface area (Å²) >= 11 is 9.65. The van der Waals surface area contributed by atoms with Crippen LogP contribution in [-0.4, -0.2) is 16.3 Å². The molecule has 0 aliphatic rings. The first-order chi connectivity index (χ1) is 9.60. The fourth-order valence-corrected chi connectivity index (χ4v) is 3.23. The molecule has 5 heteroatoms. The minimum Gasteiger partial charge on any atom is -0.310 e. The first kappa shape index (κ1) is 15.5. The van der Waals surface area contributed by atoms with Gasteiger partial charge in [-0.05, 0) is 49.2 Å². The molecule has 0 aliphatic heterocycles. The van der Waals surface area contributed by atoms with Gasteiger partial charge in [0.05, 0.1) is 0 Å². The van der Waals surface area contributed by atoms with E-state index in [9.17, 15) is 0 Å². The fourth-order valence-electron chi connectivity index (χ4n) is 2.35. The molecule has 1 N–H and O–H groups in total. The molecule has 0 saturated carbocycles. The molecule has 0 saturated heterocycles. The number of nitrogens with one attached hydrogen (secondary N) is 1. The van der Waals surface area contributed by atoms with Crippen LogP contribution in [-0.2, 0) is 13.5 Å². The molecule has 2 aromatic rings. The standard InChI is InChI=1S/C15H19BrClN3/c1-3-18-15(5-4-14-6-7-19-20(14)2)11-8-12(16)10-13(17)9-11/h6-10,15,18H,3-5H2,1-2H3. The number of benzene rings is 1. The SMILES string of the molecule is CCNC(CCc1ccnn1C)c1cc(Cl)cc(Br)c1. The van der Waals surface area contributed by atoms with Crippen LogP contribution in [0.1, 0.15) is 30.6 Å². The zero-order valence-corrected chi connectivity index (χ0v) is 14.1. The van der Waals surface area contributed by atoms with Crippen molar-refractivity contribution < 1.29 is 0 Å². The van der Waals surface area contributed by atoms with Gasteiger partial charge in [-0.15, -0.1) is 0 Å². The molecule has 0 radical (unpaired) electrons. The molecule has 20 heavy (non-hydrogen) atoms. The van der Waals surface area contributed by atoms with Crippen molar-refractivity contribution in [3.63, 3.8) is 0 Å². The van der Waals surface area contributed by atoms with Crippen molar-refractivity contribution in [3.05, 3.63) is 51.2 Å². The van der Waals surface area contributed by atoms with Crippen molar-refractivity contribution in [1.29, 1.82) is 0 Å². The summed E-state index contributed by atoms with van der Waals surface area (Å²) in [7, 11) is 1.98. The second-order valence-corrected chi connectivity index (χ2v) is 6.15. The lowest BCUT2D eigenvalue weighted by Gasteiger charge is -2.19.